The summed E-state index contributed by atoms with van der Waals surface area (Å²) < 4.78 is 0. The van der Waals surface area contributed by atoms with Crippen molar-refractivity contribution in [2.24, 2.45) is 0 Å². The Morgan fingerprint density at radius 1 is 1.30 bits per heavy atom. The van der Waals surface area contributed by atoms with E-state index in [0.717, 1.165) is 36.9 Å². The van der Waals surface area contributed by atoms with Crippen LogP contribution in [0.2, 0.25) is 0 Å². The highest BCUT2D eigenvalue weighted by molar-refractivity contribution is 7.13. The molecule has 0 saturated carbocycles. The summed E-state index contributed by atoms with van der Waals surface area (Å²) in [5.74, 6) is 0.463. The number of aryl methyl sites for hydroxylation is 1. The molecule has 9 heteroatoms. The second-order valence-electron chi connectivity index (χ2n) is 6.30. The van der Waals surface area contributed by atoms with E-state index >= 15 is 0 Å². The molecule has 0 spiro atoms. The fourth-order valence-electron chi connectivity index (χ4n) is 2.51. The van der Waals surface area contributed by atoms with Crippen LogP contribution in [0.25, 0.3) is 0 Å². The fourth-order valence-corrected chi connectivity index (χ4v) is 3.58. The molecule has 1 aliphatic rings. The third kappa shape index (κ3) is 8.16. The number of hydrogen-bond acceptors (Lipinski definition) is 7. The summed E-state index contributed by atoms with van der Waals surface area (Å²) in [4.78, 5) is 25.5. The van der Waals surface area contributed by atoms with Crippen LogP contribution in [0.3, 0.4) is 0 Å². The number of hydrogen-bond donors (Lipinski definition) is 3. The van der Waals surface area contributed by atoms with Gasteiger partial charge in [0.1, 0.15) is 10.7 Å². The van der Waals surface area contributed by atoms with E-state index in [-0.39, 0.29) is 5.91 Å². The van der Waals surface area contributed by atoms with Crippen molar-refractivity contribution in [3.63, 3.8) is 0 Å². The molecule has 3 rings (SSSR count). The van der Waals surface area contributed by atoms with Gasteiger partial charge in [0.15, 0.2) is 0 Å². The Morgan fingerprint density at radius 2 is 2.00 bits per heavy atom. The van der Waals surface area contributed by atoms with Crippen LogP contribution < -0.4 is 16.0 Å². The highest BCUT2D eigenvalue weighted by Gasteiger charge is 2.13. The summed E-state index contributed by atoms with van der Waals surface area (Å²) in [6.45, 7) is 11.8. The molecule has 0 bridgehead atoms. The Kier molecular flexibility index (Phi) is 10.4. The molecule has 2 aromatic heterocycles. The minimum atomic E-state index is -0.249. The minimum absolute atomic E-state index is 0.249. The molecular weight excluding hydrogens is 420 g/mol. The lowest BCUT2D eigenvalue weighted by atomic mass is 10.3. The number of nitrogens with one attached hydrogen (secondary N) is 3. The number of halogens is 1. The predicted molar refractivity (Wildman–Crippen MR) is 123 cm³/mol. The van der Waals surface area contributed by atoms with E-state index in [4.69, 9.17) is 11.6 Å². The third-order valence-corrected chi connectivity index (χ3v) is 5.28. The Bertz CT molecular complexity index is 893. The maximum absolute atomic E-state index is 12.3. The molecule has 0 unspecified atom stereocenters. The molecule has 3 N–H and O–H groups in total. The quantitative estimate of drug-likeness (QED) is 0.591. The van der Waals surface area contributed by atoms with E-state index in [9.17, 15) is 4.79 Å². The van der Waals surface area contributed by atoms with Gasteiger partial charge in [0.2, 0.25) is 0 Å². The Balaban J connectivity index is 0.000000456. The largest absolute Gasteiger partial charge is 0.320 e. The van der Waals surface area contributed by atoms with E-state index < -0.39 is 0 Å². The van der Waals surface area contributed by atoms with Gasteiger partial charge in [-0.25, -0.2) is 15.0 Å². The summed E-state index contributed by atoms with van der Waals surface area (Å²) in [5, 5.41) is 10.4. The van der Waals surface area contributed by atoms with Gasteiger partial charge in [-0.2, -0.15) is 0 Å². The molecule has 1 amide bonds. The van der Waals surface area contributed by atoms with Crippen molar-refractivity contribution in [3.05, 3.63) is 75.4 Å². The first-order valence-corrected chi connectivity index (χ1v) is 10.8. The van der Waals surface area contributed by atoms with Gasteiger partial charge in [-0.3, -0.25) is 4.79 Å². The Hall–Kier alpha value is -2.39. The SMILES string of the molecule is C1CNCCN1.C=C/C=C(Cl)\C(=C\C)NC(=O)c1cnc(Cc2ccnc(C)n2)s1. The van der Waals surface area contributed by atoms with Crippen molar-refractivity contribution in [1.82, 2.24) is 30.9 Å². The van der Waals surface area contributed by atoms with Crippen LogP contribution in [0, 0.1) is 6.92 Å². The van der Waals surface area contributed by atoms with Gasteiger partial charge in [-0.1, -0.05) is 30.3 Å². The van der Waals surface area contributed by atoms with Crippen molar-refractivity contribution in [2.75, 3.05) is 26.2 Å². The topological polar surface area (TPSA) is 91.8 Å². The number of carbonyl (C=O) groups is 1. The molecule has 1 fully saturated rings. The molecule has 3 heterocycles. The van der Waals surface area contributed by atoms with Crippen LogP contribution in [0.5, 0.6) is 0 Å². The van der Waals surface area contributed by atoms with E-state index in [2.05, 4.69) is 37.5 Å². The van der Waals surface area contributed by atoms with Crippen LogP contribution in [-0.2, 0) is 6.42 Å². The normalized spacial score (nSPS) is 14.5. The molecule has 0 aliphatic carbocycles. The first-order chi connectivity index (χ1) is 14.5. The third-order valence-electron chi connectivity index (χ3n) is 3.96. The highest BCUT2D eigenvalue weighted by atomic mass is 35.5. The number of thiazole rings is 1. The minimum Gasteiger partial charge on any atom is -0.320 e. The Labute approximate surface area is 186 Å². The van der Waals surface area contributed by atoms with Crippen LogP contribution in [0.1, 0.15) is 33.1 Å². The summed E-state index contributed by atoms with van der Waals surface area (Å²) in [7, 11) is 0. The number of carbonyl (C=O) groups excluding carboxylic acids is 1. The number of allylic oxidation sites excluding steroid dienone is 4. The number of nitrogens with zero attached hydrogens (tertiary/aromatic N) is 3. The molecule has 160 valence electrons. The summed E-state index contributed by atoms with van der Waals surface area (Å²) >= 11 is 7.41. The van der Waals surface area contributed by atoms with E-state index in [1.54, 1.807) is 37.5 Å². The van der Waals surface area contributed by atoms with Crippen molar-refractivity contribution < 1.29 is 4.79 Å². The van der Waals surface area contributed by atoms with Crippen molar-refractivity contribution >= 4 is 28.8 Å². The lowest BCUT2D eigenvalue weighted by molar-refractivity contribution is 0.0970. The molecule has 30 heavy (non-hydrogen) atoms. The molecule has 2 aromatic rings. The predicted octanol–water partition coefficient (Wildman–Crippen LogP) is 2.95. The maximum Gasteiger partial charge on any atom is 0.267 e. The average Bonchev–Trinajstić information content (AvgIpc) is 3.22. The number of aromatic nitrogens is 3. The fraction of sp³-hybridized carbons (Fsp3) is 0.333. The smallest absolute Gasteiger partial charge is 0.267 e. The Morgan fingerprint density at radius 3 is 2.57 bits per heavy atom. The molecule has 0 aromatic carbocycles. The number of piperazine rings is 1. The second kappa shape index (κ2) is 13.0. The lowest BCUT2D eigenvalue weighted by Crippen LogP contribution is -2.39. The first kappa shape index (κ1) is 23.9. The summed E-state index contributed by atoms with van der Waals surface area (Å²) in [6, 6.07) is 1.84. The van der Waals surface area contributed by atoms with Gasteiger partial charge in [0.25, 0.3) is 5.91 Å². The van der Waals surface area contributed by atoms with Gasteiger partial charge in [0, 0.05) is 38.8 Å². The molecule has 0 atom stereocenters. The van der Waals surface area contributed by atoms with E-state index in [1.165, 1.54) is 11.3 Å². The van der Waals surface area contributed by atoms with Crippen LogP contribution >= 0.6 is 22.9 Å². The van der Waals surface area contributed by atoms with E-state index in [0.29, 0.717) is 27.9 Å². The van der Waals surface area contributed by atoms with E-state index in [1.807, 2.05) is 13.0 Å². The zero-order valence-corrected chi connectivity index (χ0v) is 18.8. The lowest BCUT2D eigenvalue weighted by Gasteiger charge is -2.11. The average molecular weight is 447 g/mol. The van der Waals surface area contributed by atoms with Crippen LogP contribution in [0.15, 0.2) is 54.0 Å². The van der Waals surface area contributed by atoms with Crippen molar-refractivity contribution in [3.8, 4) is 0 Å². The van der Waals surface area contributed by atoms with Gasteiger partial charge in [-0.05, 0) is 26.0 Å². The molecule has 1 saturated heterocycles. The zero-order chi connectivity index (χ0) is 21.8. The monoisotopic (exact) mass is 446 g/mol. The van der Waals surface area contributed by atoms with Crippen molar-refractivity contribution in [1.29, 1.82) is 0 Å². The highest BCUT2D eigenvalue weighted by Crippen LogP contribution is 2.18. The van der Waals surface area contributed by atoms with Gasteiger partial charge >= 0.3 is 0 Å². The molecule has 7 nitrogen and oxygen atoms in total. The zero-order valence-electron chi connectivity index (χ0n) is 17.2. The molecule has 0 radical (unpaired) electrons. The molecule has 1 aliphatic heterocycles. The summed E-state index contributed by atoms with van der Waals surface area (Å²) in [6.07, 6.45) is 8.74. The van der Waals surface area contributed by atoms with Crippen molar-refractivity contribution in [2.45, 2.75) is 20.3 Å². The van der Waals surface area contributed by atoms with Gasteiger partial charge < -0.3 is 16.0 Å². The maximum atomic E-state index is 12.3. The number of rotatable bonds is 6. The summed E-state index contributed by atoms with van der Waals surface area (Å²) in [5.41, 5.74) is 1.40. The van der Waals surface area contributed by atoms with Crippen LogP contribution in [-0.4, -0.2) is 47.0 Å². The molecular formula is C21H27ClN6OS. The number of amides is 1. The van der Waals surface area contributed by atoms with Crippen LogP contribution in [0.4, 0.5) is 0 Å². The first-order valence-electron chi connectivity index (χ1n) is 9.64. The van der Waals surface area contributed by atoms with Gasteiger partial charge in [-0.15, -0.1) is 11.3 Å². The second-order valence-corrected chi connectivity index (χ2v) is 7.82. The van der Waals surface area contributed by atoms with Gasteiger partial charge in [0.05, 0.1) is 27.6 Å². The standard InChI is InChI=1S/C17H17ClN4OS.C4H10N2/c1-4-6-13(18)14(5-2)22-17(23)15-10-20-16(24-15)9-12-7-8-19-11(3)21-12;1-2-6-4-3-5-1/h4-8,10H,1,9H2,2-3H3,(H,22,23);5-6H,1-4H2/b13-6+,14-5-;.